The summed E-state index contributed by atoms with van der Waals surface area (Å²) in [6, 6.07) is -0.299. The van der Waals surface area contributed by atoms with Crippen molar-refractivity contribution in [2.45, 2.75) is 6.04 Å². The minimum atomic E-state index is -3.11. The van der Waals surface area contributed by atoms with Crippen molar-refractivity contribution < 1.29 is 13.5 Å². The Hall–Kier alpha value is 0.220. The van der Waals surface area contributed by atoms with Gasteiger partial charge >= 0.3 is 0 Å². The molecule has 1 saturated heterocycles. The van der Waals surface area contributed by atoms with Crippen LogP contribution in [0.2, 0.25) is 0 Å². The van der Waals surface area contributed by atoms with Crippen LogP contribution < -0.4 is 4.72 Å². The minimum absolute atomic E-state index is 0.119. The van der Waals surface area contributed by atoms with Crippen molar-refractivity contribution >= 4 is 21.8 Å². The predicted octanol–water partition coefficient (Wildman–Crippen LogP) is -0.987. The van der Waals surface area contributed by atoms with Crippen molar-refractivity contribution in [3.63, 3.8) is 0 Å². The van der Waals surface area contributed by atoms with E-state index in [9.17, 15) is 8.42 Å². The highest BCUT2D eigenvalue weighted by molar-refractivity contribution is 8.00. The van der Waals surface area contributed by atoms with Crippen LogP contribution >= 0.6 is 11.8 Å². The summed E-state index contributed by atoms with van der Waals surface area (Å²) in [5, 5.41) is 8.71. The summed E-state index contributed by atoms with van der Waals surface area (Å²) in [4.78, 5) is 0. The molecule has 1 aliphatic rings. The lowest BCUT2D eigenvalue weighted by Crippen LogP contribution is -2.38. The van der Waals surface area contributed by atoms with E-state index in [0.29, 0.717) is 11.5 Å². The van der Waals surface area contributed by atoms with Gasteiger partial charge in [0.2, 0.25) is 10.0 Å². The maximum Gasteiger partial charge on any atom is 0.212 e. The molecule has 2 N–H and O–H groups in total. The van der Waals surface area contributed by atoms with Crippen LogP contribution in [0.4, 0.5) is 0 Å². The summed E-state index contributed by atoms with van der Waals surface area (Å²) < 4.78 is 24.4. The Labute approximate surface area is 70.4 Å². The van der Waals surface area contributed by atoms with Crippen LogP contribution in [-0.2, 0) is 10.0 Å². The number of hydrogen-bond acceptors (Lipinski definition) is 4. The van der Waals surface area contributed by atoms with Crippen molar-refractivity contribution in [3.8, 4) is 0 Å². The summed E-state index contributed by atoms with van der Waals surface area (Å²) in [6.45, 7) is -0.119. The van der Waals surface area contributed by atoms with Crippen LogP contribution in [0.3, 0.4) is 0 Å². The zero-order valence-electron chi connectivity index (χ0n) is 5.99. The number of nitrogens with one attached hydrogen (secondary N) is 1. The Kier molecular flexibility index (Phi) is 3.17. The Morgan fingerprint density at radius 3 is 3.00 bits per heavy atom. The topological polar surface area (TPSA) is 66.4 Å². The third kappa shape index (κ3) is 2.98. The van der Waals surface area contributed by atoms with Gasteiger partial charge in [-0.3, -0.25) is 0 Å². The van der Waals surface area contributed by atoms with E-state index in [0.717, 1.165) is 0 Å². The van der Waals surface area contributed by atoms with E-state index < -0.39 is 10.0 Å². The van der Waals surface area contributed by atoms with Gasteiger partial charge in [0.1, 0.15) is 0 Å². The Bertz CT molecular complexity index is 214. The lowest BCUT2D eigenvalue weighted by molar-refractivity contribution is 0.267. The van der Waals surface area contributed by atoms with Gasteiger partial charge in [-0.05, 0) is 0 Å². The molecule has 0 saturated carbocycles. The molecule has 1 atom stereocenters. The van der Waals surface area contributed by atoms with E-state index in [2.05, 4.69) is 4.72 Å². The van der Waals surface area contributed by atoms with Crippen LogP contribution in [0, 0.1) is 0 Å². The molecule has 4 nitrogen and oxygen atoms in total. The first kappa shape index (κ1) is 9.31. The number of hydrogen-bond donors (Lipinski definition) is 2. The summed E-state index contributed by atoms with van der Waals surface area (Å²) in [5.74, 6) is 1.44. The molecule has 6 heteroatoms. The third-order valence-corrected chi connectivity index (χ3v) is 4.21. The highest BCUT2D eigenvalue weighted by atomic mass is 32.2. The first-order valence-electron chi connectivity index (χ1n) is 3.32. The summed E-state index contributed by atoms with van der Waals surface area (Å²) in [5.41, 5.74) is 0. The van der Waals surface area contributed by atoms with Gasteiger partial charge in [0.15, 0.2) is 0 Å². The highest BCUT2D eigenvalue weighted by Crippen LogP contribution is 2.09. The standard InChI is InChI=1S/C5H11NO3S2/c7-3-5-4-10-1-2-11(8,9)6-5/h5-7H,1-4H2. The van der Waals surface area contributed by atoms with E-state index in [1.807, 2.05) is 0 Å². The van der Waals surface area contributed by atoms with E-state index in [1.54, 1.807) is 11.8 Å². The van der Waals surface area contributed by atoms with Gasteiger partial charge in [0.25, 0.3) is 0 Å². The van der Waals surface area contributed by atoms with Crippen molar-refractivity contribution in [3.05, 3.63) is 0 Å². The van der Waals surface area contributed by atoms with Gasteiger partial charge in [0, 0.05) is 11.5 Å². The molecule has 1 heterocycles. The summed E-state index contributed by atoms with van der Waals surface area (Å²) in [7, 11) is -3.11. The van der Waals surface area contributed by atoms with Crippen LogP contribution in [0.1, 0.15) is 0 Å². The summed E-state index contributed by atoms with van der Waals surface area (Å²) >= 11 is 1.55. The van der Waals surface area contributed by atoms with Gasteiger partial charge < -0.3 is 5.11 Å². The SMILES string of the molecule is O=S1(=O)CCSCC(CO)N1. The second-order valence-corrected chi connectivity index (χ2v) is 5.41. The maximum atomic E-state index is 11.0. The number of sulfonamides is 1. The number of aliphatic hydroxyl groups excluding tert-OH is 1. The normalized spacial score (nSPS) is 31.2. The minimum Gasteiger partial charge on any atom is -0.395 e. The fraction of sp³-hybridized carbons (Fsp3) is 1.00. The fourth-order valence-corrected chi connectivity index (χ4v) is 3.71. The Morgan fingerprint density at radius 1 is 1.64 bits per heavy atom. The molecule has 1 rings (SSSR count). The average Bonchev–Trinajstić information content (AvgIpc) is 2.10. The quantitative estimate of drug-likeness (QED) is 0.566. The van der Waals surface area contributed by atoms with E-state index in [-0.39, 0.29) is 18.4 Å². The van der Waals surface area contributed by atoms with Crippen LogP contribution in [-0.4, -0.2) is 43.4 Å². The van der Waals surface area contributed by atoms with Crippen LogP contribution in [0.25, 0.3) is 0 Å². The van der Waals surface area contributed by atoms with Gasteiger partial charge in [0.05, 0.1) is 18.4 Å². The number of rotatable bonds is 1. The molecule has 0 amide bonds. The third-order valence-electron chi connectivity index (χ3n) is 1.38. The molecule has 0 aromatic carbocycles. The first-order chi connectivity index (χ1) is 5.14. The highest BCUT2D eigenvalue weighted by Gasteiger charge is 2.20. The molecular weight excluding hydrogens is 186 g/mol. The van der Waals surface area contributed by atoms with Crippen molar-refractivity contribution in [1.82, 2.24) is 4.72 Å². The van der Waals surface area contributed by atoms with Crippen molar-refractivity contribution in [2.75, 3.05) is 23.9 Å². The molecule has 11 heavy (non-hydrogen) atoms. The van der Waals surface area contributed by atoms with Crippen LogP contribution in [0.5, 0.6) is 0 Å². The lowest BCUT2D eigenvalue weighted by Gasteiger charge is -2.10. The van der Waals surface area contributed by atoms with Gasteiger partial charge in [-0.1, -0.05) is 0 Å². The molecule has 0 aliphatic carbocycles. The van der Waals surface area contributed by atoms with E-state index in [4.69, 9.17) is 5.11 Å². The molecule has 66 valence electrons. The summed E-state index contributed by atoms with van der Waals surface area (Å²) in [6.07, 6.45) is 0. The average molecular weight is 197 g/mol. The second-order valence-electron chi connectivity index (χ2n) is 2.39. The van der Waals surface area contributed by atoms with Gasteiger partial charge in [-0.25, -0.2) is 13.1 Å². The van der Waals surface area contributed by atoms with Crippen molar-refractivity contribution in [1.29, 1.82) is 0 Å². The largest absolute Gasteiger partial charge is 0.395 e. The smallest absolute Gasteiger partial charge is 0.212 e. The fourth-order valence-electron chi connectivity index (χ4n) is 0.831. The Balaban J connectivity index is 2.61. The second kappa shape index (κ2) is 3.75. The molecule has 1 unspecified atom stereocenters. The lowest BCUT2D eigenvalue weighted by atomic mass is 10.4. The first-order valence-corrected chi connectivity index (χ1v) is 6.13. The Morgan fingerprint density at radius 2 is 2.36 bits per heavy atom. The molecule has 0 bridgehead atoms. The monoisotopic (exact) mass is 197 g/mol. The van der Waals surface area contributed by atoms with Gasteiger partial charge in [-0.15, -0.1) is 0 Å². The van der Waals surface area contributed by atoms with Gasteiger partial charge in [-0.2, -0.15) is 11.8 Å². The van der Waals surface area contributed by atoms with E-state index in [1.165, 1.54) is 0 Å². The maximum absolute atomic E-state index is 11.0. The molecule has 0 radical (unpaired) electrons. The zero-order valence-corrected chi connectivity index (χ0v) is 7.62. The number of thioether (sulfide) groups is 1. The molecule has 1 aliphatic heterocycles. The molecule has 0 aromatic rings. The molecule has 1 fully saturated rings. The van der Waals surface area contributed by atoms with E-state index >= 15 is 0 Å². The molecule has 0 aromatic heterocycles. The molecule has 0 spiro atoms. The number of aliphatic hydroxyl groups is 1. The van der Waals surface area contributed by atoms with Crippen LogP contribution in [0.15, 0.2) is 0 Å². The van der Waals surface area contributed by atoms with Crippen molar-refractivity contribution in [2.24, 2.45) is 0 Å². The zero-order chi connectivity index (χ0) is 8.32. The predicted molar refractivity (Wildman–Crippen MR) is 45.1 cm³/mol. The molecular formula is C5H11NO3S2.